The number of aromatic amines is 1. The third kappa shape index (κ3) is 5.89. The molecule has 1 aromatic heterocycles. The summed E-state index contributed by atoms with van der Waals surface area (Å²) in [4.78, 5) is 29.5. The van der Waals surface area contributed by atoms with Gasteiger partial charge in [-0.05, 0) is 19.9 Å². The van der Waals surface area contributed by atoms with Crippen molar-refractivity contribution in [3.8, 4) is 0 Å². The van der Waals surface area contributed by atoms with Gasteiger partial charge >= 0.3 is 5.97 Å². The van der Waals surface area contributed by atoms with Gasteiger partial charge in [-0.3, -0.25) is 9.59 Å². The molecule has 6 nitrogen and oxygen atoms in total. The van der Waals surface area contributed by atoms with Crippen LogP contribution >= 0.6 is 11.8 Å². The number of H-pyrrole nitrogens is 1. The van der Waals surface area contributed by atoms with Crippen molar-refractivity contribution in [2.24, 2.45) is 0 Å². The highest BCUT2D eigenvalue weighted by Gasteiger charge is 2.19. The Hall–Kier alpha value is -1.34. The molecule has 1 atom stereocenters. The van der Waals surface area contributed by atoms with Crippen LogP contribution in [0.5, 0.6) is 0 Å². The van der Waals surface area contributed by atoms with E-state index in [4.69, 9.17) is 4.74 Å². The number of hydrogen-bond acceptors (Lipinski definition) is 6. The van der Waals surface area contributed by atoms with Gasteiger partial charge in [0.25, 0.3) is 5.56 Å². The summed E-state index contributed by atoms with van der Waals surface area (Å²) in [5.74, 6) is 0.188. The molecule has 0 bridgehead atoms. The molecule has 7 heteroatoms. The van der Waals surface area contributed by atoms with Crippen molar-refractivity contribution >= 4 is 17.7 Å². The number of ether oxygens (including phenoxy) is 1. The Morgan fingerprint density at radius 2 is 2.37 bits per heavy atom. The van der Waals surface area contributed by atoms with Crippen molar-refractivity contribution in [2.45, 2.75) is 31.5 Å². The molecule has 0 aromatic carbocycles. The lowest BCUT2D eigenvalue weighted by molar-refractivity contribution is -0.144. The molecule has 0 radical (unpaired) electrons. The molecule has 0 aliphatic rings. The van der Waals surface area contributed by atoms with Gasteiger partial charge in [0, 0.05) is 18.0 Å². The summed E-state index contributed by atoms with van der Waals surface area (Å²) >= 11 is 1.32. The average molecular weight is 285 g/mol. The molecule has 0 aliphatic carbocycles. The van der Waals surface area contributed by atoms with Gasteiger partial charge in [-0.1, -0.05) is 18.7 Å². The number of esters is 1. The number of carbonyl (C=O) groups excluding carboxylic acids is 1. The van der Waals surface area contributed by atoms with Crippen molar-refractivity contribution in [1.29, 1.82) is 0 Å². The van der Waals surface area contributed by atoms with E-state index in [1.807, 2.05) is 6.92 Å². The summed E-state index contributed by atoms with van der Waals surface area (Å²) in [6, 6.07) is 0.956. The van der Waals surface area contributed by atoms with Gasteiger partial charge in [-0.15, -0.1) is 0 Å². The molecular weight excluding hydrogens is 266 g/mol. The van der Waals surface area contributed by atoms with Crippen LogP contribution in [0, 0.1) is 0 Å². The predicted molar refractivity (Wildman–Crippen MR) is 74.3 cm³/mol. The molecule has 0 fully saturated rings. The first-order valence-electron chi connectivity index (χ1n) is 6.25. The zero-order valence-corrected chi connectivity index (χ0v) is 12.0. The van der Waals surface area contributed by atoms with E-state index in [1.165, 1.54) is 24.0 Å². The third-order valence-electron chi connectivity index (χ3n) is 2.25. The van der Waals surface area contributed by atoms with Crippen LogP contribution in [0.1, 0.15) is 20.3 Å². The second-order valence-electron chi connectivity index (χ2n) is 3.81. The predicted octanol–water partition coefficient (Wildman–Crippen LogP) is 0.793. The number of thioether (sulfide) groups is 1. The Kier molecular flexibility index (Phi) is 7.20. The van der Waals surface area contributed by atoms with Crippen LogP contribution in [0.4, 0.5) is 0 Å². The van der Waals surface area contributed by atoms with Crippen LogP contribution in [0.25, 0.3) is 0 Å². The van der Waals surface area contributed by atoms with Crippen LogP contribution < -0.4 is 10.9 Å². The smallest absolute Gasteiger partial charge is 0.323 e. The van der Waals surface area contributed by atoms with E-state index in [2.05, 4.69) is 15.3 Å². The first-order valence-corrected chi connectivity index (χ1v) is 7.24. The number of hydrogen-bond donors (Lipinski definition) is 2. The normalized spacial score (nSPS) is 12.1. The van der Waals surface area contributed by atoms with Crippen LogP contribution in [-0.4, -0.2) is 40.9 Å². The van der Waals surface area contributed by atoms with Gasteiger partial charge in [0.2, 0.25) is 0 Å². The number of rotatable bonds is 8. The summed E-state index contributed by atoms with van der Waals surface area (Å²) < 4.78 is 5.01. The fourth-order valence-electron chi connectivity index (χ4n) is 1.36. The fourth-order valence-corrected chi connectivity index (χ4v) is 2.25. The van der Waals surface area contributed by atoms with E-state index in [0.29, 0.717) is 17.5 Å². The molecule has 1 rings (SSSR count). The first kappa shape index (κ1) is 15.7. The lowest BCUT2D eigenvalue weighted by atomic mass is 10.3. The van der Waals surface area contributed by atoms with Crippen molar-refractivity contribution in [3.05, 3.63) is 22.6 Å². The van der Waals surface area contributed by atoms with Crippen LogP contribution in [0.15, 0.2) is 22.2 Å². The van der Waals surface area contributed by atoms with E-state index in [0.717, 1.165) is 13.0 Å². The Balaban J connectivity index is 2.56. The summed E-state index contributed by atoms with van der Waals surface area (Å²) in [6.45, 7) is 4.90. The van der Waals surface area contributed by atoms with E-state index < -0.39 is 6.04 Å². The lowest BCUT2D eigenvalue weighted by Crippen LogP contribution is -2.40. The average Bonchev–Trinajstić information content (AvgIpc) is 2.39. The zero-order valence-electron chi connectivity index (χ0n) is 11.1. The molecule has 106 valence electrons. The van der Waals surface area contributed by atoms with Gasteiger partial charge in [0.15, 0.2) is 5.16 Å². The molecule has 0 aliphatic heterocycles. The van der Waals surface area contributed by atoms with Crippen molar-refractivity contribution < 1.29 is 9.53 Å². The molecule has 1 aromatic rings. The topological polar surface area (TPSA) is 84.1 Å². The maximum atomic E-state index is 11.7. The number of nitrogens with zero attached hydrogens (tertiary/aromatic N) is 1. The summed E-state index contributed by atoms with van der Waals surface area (Å²) in [7, 11) is 0. The highest BCUT2D eigenvalue weighted by molar-refractivity contribution is 7.99. The van der Waals surface area contributed by atoms with E-state index in [9.17, 15) is 9.59 Å². The van der Waals surface area contributed by atoms with Crippen molar-refractivity contribution in [3.63, 3.8) is 0 Å². The van der Waals surface area contributed by atoms with E-state index in [-0.39, 0.29) is 11.5 Å². The highest BCUT2D eigenvalue weighted by Crippen LogP contribution is 2.12. The van der Waals surface area contributed by atoms with E-state index in [1.54, 1.807) is 6.92 Å². The second kappa shape index (κ2) is 8.71. The van der Waals surface area contributed by atoms with Gasteiger partial charge in [-0.25, -0.2) is 4.98 Å². The monoisotopic (exact) mass is 285 g/mol. The molecule has 1 heterocycles. The molecule has 0 amide bonds. The Labute approximate surface area is 116 Å². The SMILES string of the molecule is CCCNC(CSc1nccc(=O)[nH]1)C(=O)OCC. The van der Waals surface area contributed by atoms with Crippen molar-refractivity contribution in [2.75, 3.05) is 18.9 Å². The molecule has 19 heavy (non-hydrogen) atoms. The molecule has 0 saturated carbocycles. The van der Waals surface area contributed by atoms with Gasteiger partial charge in [-0.2, -0.15) is 0 Å². The van der Waals surface area contributed by atoms with Gasteiger partial charge < -0.3 is 15.0 Å². The molecule has 2 N–H and O–H groups in total. The van der Waals surface area contributed by atoms with Crippen molar-refractivity contribution in [1.82, 2.24) is 15.3 Å². The number of nitrogens with one attached hydrogen (secondary N) is 2. The van der Waals surface area contributed by atoms with Gasteiger partial charge in [0.1, 0.15) is 6.04 Å². The number of carbonyl (C=O) groups is 1. The molecule has 1 unspecified atom stereocenters. The maximum absolute atomic E-state index is 11.7. The largest absolute Gasteiger partial charge is 0.465 e. The molecule has 0 spiro atoms. The van der Waals surface area contributed by atoms with Crippen LogP contribution in [-0.2, 0) is 9.53 Å². The third-order valence-corrected chi connectivity index (χ3v) is 3.23. The first-order chi connectivity index (χ1) is 9.17. The highest BCUT2D eigenvalue weighted by atomic mass is 32.2. The lowest BCUT2D eigenvalue weighted by Gasteiger charge is -2.16. The maximum Gasteiger partial charge on any atom is 0.323 e. The standard InChI is InChI=1S/C12H19N3O3S/c1-3-6-13-9(11(17)18-4-2)8-19-12-14-7-5-10(16)15-12/h5,7,9,13H,3-4,6,8H2,1-2H3,(H,14,15,16). The Morgan fingerprint density at radius 3 is 3.00 bits per heavy atom. The summed E-state index contributed by atoms with van der Waals surface area (Å²) in [5, 5.41) is 3.62. The van der Waals surface area contributed by atoms with Crippen LogP contribution in [0.3, 0.4) is 0 Å². The molecular formula is C12H19N3O3S. The summed E-state index contributed by atoms with van der Waals surface area (Å²) in [5.41, 5.74) is -0.202. The van der Waals surface area contributed by atoms with Crippen LogP contribution in [0.2, 0.25) is 0 Å². The Bertz CT molecular complexity index is 450. The fraction of sp³-hybridized carbons (Fsp3) is 0.583. The number of aromatic nitrogens is 2. The minimum atomic E-state index is -0.393. The van der Waals surface area contributed by atoms with Gasteiger partial charge in [0.05, 0.1) is 6.61 Å². The van der Waals surface area contributed by atoms with E-state index >= 15 is 0 Å². The Morgan fingerprint density at radius 1 is 1.58 bits per heavy atom. The molecule has 0 saturated heterocycles. The quantitative estimate of drug-likeness (QED) is 0.417. The zero-order chi connectivity index (χ0) is 14.1. The minimum absolute atomic E-state index is 0.202. The minimum Gasteiger partial charge on any atom is -0.465 e. The summed E-state index contributed by atoms with van der Waals surface area (Å²) in [6.07, 6.45) is 2.38. The second-order valence-corrected chi connectivity index (χ2v) is 4.82.